The van der Waals surface area contributed by atoms with E-state index in [0.29, 0.717) is 27.8 Å². The highest BCUT2D eigenvalue weighted by Crippen LogP contribution is 2.23. The van der Waals surface area contributed by atoms with Crippen molar-refractivity contribution in [1.29, 1.82) is 0 Å². The molecule has 2 rings (SSSR count). The first kappa shape index (κ1) is 15.0. The maximum absolute atomic E-state index is 12.6. The van der Waals surface area contributed by atoms with Crippen molar-refractivity contribution in [3.8, 4) is 0 Å². The quantitative estimate of drug-likeness (QED) is 0.797. The van der Waals surface area contributed by atoms with Crippen molar-refractivity contribution in [2.75, 3.05) is 20.6 Å². The molecule has 0 fully saturated rings. The van der Waals surface area contributed by atoms with E-state index in [1.54, 1.807) is 28.9 Å². The fraction of sp³-hybridized carbons (Fsp3) is 0.286. The summed E-state index contributed by atoms with van der Waals surface area (Å²) < 4.78 is 1.62. The summed E-state index contributed by atoms with van der Waals surface area (Å²) in [6.45, 7) is 1.35. The summed E-state index contributed by atoms with van der Waals surface area (Å²) in [5, 5.41) is 4.91. The Morgan fingerprint density at radius 2 is 1.95 bits per heavy atom. The molecule has 106 valence electrons. The van der Waals surface area contributed by atoms with Gasteiger partial charge in [0.15, 0.2) is 0 Å². The second-order valence-electron chi connectivity index (χ2n) is 4.68. The van der Waals surface area contributed by atoms with Crippen LogP contribution >= 0.6 is 23.2 Å². The molecule has 1 aromatic carbocycles. The molecule has 0 aliphatic carbocycles. The average molecular weight is 312 g/mol. The monoisotopic (exact) mass is 311 g/mol. The number of benzene rings is 1. The molecule has 0 N–H and O–H groups in total. The van der Waals surface area contributed by atoms with Gasteiger partial charge < -0.3 is 4.90 Å². The molecule has 2 aromatic rings. The van der Waals surface area contributed by atoms with Crippen LogP contribution in [-0.4, -0.2) is 41.1 Å². The predicted molar refractivity (Wildman–Crippen MR) is 80.7 cm³/mol. The molecule has 0 aliphatic rings. The molecule has 0 spiro atoms. The molecule has 0 radical (unpaired) electrons. The molecule has 1 heterocycles. The normalized spacial score (nSPS) is 11.1. The smallest absolute Gasteiger partial charge is 0.214 e. The second kappa shape index (κ2) is 6.39. The zero-order valence-corrected chi connectivity index (χ0v) is 12.8. The highest BCUT2D eigenvalue weighted by molar-refractivity contribution is 6.37. The SMILES string of the molecule is CN(C)CCn1ncc(Cl)c1C(=O)c1ccccc1Cl. The van der Waals surface area contributed by atoms with Gasteiger partial charge in [-0.15, -0.1) is 0 Å². The van der Waals surface area contributed by atoms with Crippen molar-refractivity contribution in [1.82, 2.24) is 14.7 Å². The van der Waals surface area contributed by atoms with Gasteiger partial charge in [0.25, 0.3) is 0 Å². The van der Waals surface area contributed by atoms with Gasteiger partial charge in [-0.2, -0.15) is 5.10 Å². The summed E-state index contributed by atoms with van der Waals surface area (Å²) in [7, 11) is 3.92. The van der Waals surface area contributed by atoms with E-state index in [0.717, 1.165) is 6.54 Å². The van der Waals surface area contributed by atoms with Crippen LogP contribution in [0.2, 0.25) is 10.0 Å². The summed E-state index contributed by atoms with van der Waals surface area (Å²) in [6, 6.07) is 6.92. The van der Waals surface area contributed by atoms with Crippen LogP contribution in [0.25, 0.3) is 0 Å². The number of likely N-dealkylation sites (N-methyl/N-ethyl adjacent to an activating group) is 1. The standard InChI is InChI=1S/C14H15Cl2N3O/c1-18(2)7-8-19-13(12(16)9-17-19)14(20)10-5-3-4-6-11(10)15/h3-6,9H,7-8H2,1-2H3. The largest absolute Gasteiger partial charge is 0.308 e. The number of hydrogen-bond acceptors (Lipinski definition) is 3. The maximum Gasteiger partial charge on any atom is 0.214 e. The number of nitrogens with zero attached hydrogens (tertiary/aromatic N) is 3. The van der Waals surface area contributed by atoms with Gasteiger partial charge in [0.05, 0.1) is 22.8 Å². The first-order valence-electron chi connectivity index (χ1n) is 6.16. The first-order valence-corrected chi connectivity index (χ1v) is 6.91. The van der Waals surface area contributed by atoms with Gasteiger partial charge in [0, 0.05) is 12.1 Å². The van der Waals surface area contributed by atoms with E-state index in [9.17, 15) is 4.79 Å². The minimum atomic E-state index is -0.211. The Bertz CT molecular complexity index is 623. The van der Waals surface area contributed by atoms with Gasteiger partial charge in [0.1, 0.15) is 5.69 Å². The number of hydrogen-bond donors (Lipinski definition) is 0. The molecule has 0 saturated heterocycles. The van der Waals surface area contributed by atoms with Crippen LogP contribution in [0.3, 0.4) is 0 Å². The summed E-state index contributed by atoms with van der Waals surface area (Å²) in [6.07, 6.45) is 1.49. The Kier molecular flexibility index (Phi) is 4.81. The fourth-order valence-corrected chi connectivity index (χ4v) is 2.27. The van der Waals surface area contributed by atoms with Gasteiger partial charge in [-0.1, -0.05) is 35.3 Å². The summed E-state index contributed by atoms with van der Waals surface area (Å²) in [5.74, 6) is -0.211. The zero-order valence-electron chi connectivity index (χ0n) is 11.3. The Balaban J connectivity index is 2.35. The average Bonchev–Trinajstić information content (AvgIpc) is 2.77. The minimum Gasteiger partial charge on any atom is -0.308 e. The van der Waals surface area contributed by atoms with Crippen molar-refractivity contribution in [3.63, 3.8) is 0 Å². The van der Waals surface area contributed by atoms with Crippen molar-refractivity contribution in [3.05, 3.63) is 51.8 Å². The third-order valence-corrected chi connectivity index (χ3v) is 3.49. The molecule has 6 heteroatoms. The lowest BCUT2D eigenvalue weighted by Crippen LogP contribution is -2.21. The molecule has 0 amide bonds. The van der Waals surface area contributed by atoms with Gasteiger partial charge >= 0.3 is 0 Å². The van der Waals surface area contributed by atoms with E-state index in [1.807, 2.05) is 19.0 Å². The Hall–Kier alpha value is -1.36. The van der Waals surface area contributed by atoms with E-state index >= 15 is 0 Å². The molecule has 0 atom stereocenters. The number of aromatic nitrogens is 2. The van der Waals surface area contributed by atoms with E-state index in [2.05, 4.69) is 5.10 Å². The highest BCUT2D eigenvalue weighted by atomic mass is 35.5. The van der Waals surface area contributed by atoms with Crippen LogP contribution in [0.1, 0.15) is 16.1 Å². The van der Waals surface area contributed by atoms with Crippen LogP contribution in [0.4, 0.5) is 0 Å². The molecule has 0 aliphatic heterocycles. The van der Waals surface area contributed by atoms with Crippen molar-refractivity contribution >= 4 is 29.0 Å². The van der Waals surface area contributed by atoms with Crippen molar-refractivity contribution < 1.29 is 4.79 Å². The molecule has 20 heavy (non-hydrogen) atoms. The molecule has 1 aromatic heterocycles. The maximum atomic E-state index is 12.6. The molecule has 0 unspecified atom stereocenters. The van der Waals surface area contributed by atoms with Gasteiger partial charge in [-0.05, 0) is 26.2 Å². The summed E-state index contributed by atoms with van der Waals surface area (Å²) >= 11 is 12.2. The van der Waals surface area contributed by atoms with Crippen LogP contribution in [0.5, 0.6) is 0 Å². The summed E-state index contributed by atoms with van der Waals surface area (Å²) in [5.41, 5.74) is 0.810. The van der Waals surface area contributed by atoms with Crippen LogP contribution in [0.15, 0.2) is 30.5 Å². The molecule has 4 nitrogen and oxygen atoms in total. The third kappa shape index (κ3) is 3.20. The van der Waals surface area contributed by atoms with E-state index < -0.39 is 0 Å². The van der Waals surface area contributed by atoms with Crippen LogP contribution < -0.4 is 0 Å². The van der Waals surface area contributed by atoms with Gasteiger partial charge in [-0.25, -0.2) is 0 Å². The Labute approximate surface area is 127 Å². The summed E-state index contributed by atoms with van der Waals surface area (Å²) in [4.78, 5) is 14.6. The molecule has 0 saturated carbocycles. The number of rotatable bonds is 5. The topological polar surface area (TPSA) is 38.1 Å². The van der Waals surface area contributed by atoms with Crippen molar-refractivity contribution in [2.45, 2.75) is 6.54 Å². The highest BCUT2D eigenvalue weighted by Gasteiger charge is 2.20. The second-order valence-corrected chi connectivity index (χ2v) is 5.49. The lowest BCUT2D eigenvalue weighted by Gasteiger charge is -2.12. The van der Waals surface area contributed by atoms with Crippen LogP contribution in [0, 0.1) is 0 Å². The predicted octanol–water partition coefficient (Wildman–Crippen LogP) is 2.98. The lowest BCUT2D eigenvalue weighted by atomic mass is 10.1. The number of carbonyl (C=O) groups is 1. The Morgan fingerprint density at radius 3 is 2.60 bits per heavy atom. The lowest BCUT2D eigenvalue weighted by molar-refractivity contribution is 0.102. The van der Waals surface area contributed by atoms with Crippen molar-refractivity contribution in [2.24, 2.45) is 0 Å². The van der Waals surface area contributed by atoms with E-state index in [4.69, 9.17) is 23.2 Å². The number of ketones is 1. The molecular formula is C14H15Cl2N3O. The first-order chi connectivity index (χ1) is 9.50. The van der Waals surface area contributed by atoms with E-state index in [1.165, 1.54) is 6.20 Å². The van der Waals surface area contributed by atoms with Gasteiger partial charge in [0.2, 0.25) is 5.78 Å². The van der Waals surface area contributed by atoms with E-state index in [-0.39, 0.29) is 5.78 Å². The van der Waals surface area contributed by atoms with Gasteiger partial charge in [-0.3, -0.25) is 9.48 Å². The Morgan fingerprint density at radius 1 is 1.25 bits per heavy atom. The molecule has 0 bridgehead atoms. The zero-order chi connectivity index (χ0) is 14.7. The minimum absolute atomic E-state index is 0.211. The van der Waals surface area contributed by atoms with Crippen LogP contribution in [-0.2, 0) is 6.54 Å². The number of carbonyl (C=O) groups excluding carboxylic acids is 1. The molecular weight excluding hydrogens is 297 g/mol. The third-order valence-electron chi connectivity index (χ3n) is 2.89. The fourth-order valence-electron chi connectivity index (χ4n) is 1.83. The number of halogens is 2.